The number of hydrogen-bond donors (Lipinski definition) is 0. The molecule has 0 aliphatic heterocycles. The van der Waals surface area contributed by atoms with Gasteiger partial charge in [0.1, 0.15) is 0 Å². The van der Waals surface area contributed by atoms with E-state index in [4.69, 9.17) is 4.98 Å². The lowest BCUT2D eigenvalue weighted by Crippen LogP contribution is -1.91. The molecule has 1 aromatic heterocycles. The van der Waals surface area contributed by atoms with Crippen molar-refractivity contribution in [1.29, 1.82) is 0 Å². The monoisotopic (exact) mass is 837 g/mol. The molecule has 0 N–H and O–H groups in total. The predicted molar refractivity (Wildman–Crippen MR) is 280 cm³/mol. The minimum atomic E-state index is 0.953. The number of fused-ring (bicyclic) bond motifs is 3. The minimum absolute atomic E-state index is 0.953. The van der Waals surface area contributed by atoms with E-state index < -0.39 is 0 Å². The normalized spacial score (nSPS) is 11.3. The quantitative estimate of drug-likeness (QED) is 0.149. The van der Waals surface area contributed by atoms with Crippen LogP contribution in [-0.2, 0) is 0 Å². The lowest BCUT2D eigenvalue weighted by molar-refractivity contribution is 1.33. The molecule has 308 valence electrons. The van der Waals surface area contributed by atoms with E-state index in [0.29, 0.717) is 0 Å². The Hall–Kier alpha value is -8.65. The van der Waals surface area contributed by atoms with E-state index in [1.807, 2.05) is 12.3 Å². The fraction of sp³-hybridized carbons (Fsp3) is 0. The number of benzene rings is 11. The molecule has 11 aromatic carbocycles. The summed E-state index contributed by atoms with van der Waals surface area (Å²) >= 11 is 0. The van der Waals surface area contributed by atoms with Crippen LogP contribution in [0.15, 0.2) is 261 Å². The van der Waals surface area contributed by atoms with Gasteiger partial charge < -0.3 is 0 Å². The lowest BCUT2D eigenvalue weighted by Gasteiger charge is -2.17. The van der Waals surface area contributed by atoms with Gasteiger partial charge in [0, 0.05) is 11.8 Å². The fourth-order valence-electron chi connectivity index (χ4n) is 9.58. The first-order valence-electron chi connectivity index (χ1n) is 22.7. The van der Waals surface area contributed by atoms with Gasteiger partial charge in [-0.2, -0.15) is 0 Å². The molecule has 0 saturated carbocycles. The summed E-state index contributed by atoms with van der Waals surface area (Å²) in [4.78, 5) is 4.73. The molecule has 0 unspecified atom stereocenters. The molecule has 66 heavy (non-hydrogen) atoms. The maximum atomic E-state index is 4.73. The second kappa shape index (κ2) is 16.8. The van der Waals surface area contributed by atoms with Crippen molar-refractivity contribution >= 4 is 32.3 Å². The van der Waals surface area contributed by atoms with Crippen molar-refractivity contribution in [2.24, 2.45) is 0 Å². The highest BCUT2D eigenvalue weighted by Gasteiger charge is 2.16. The Balaban J connectivity index is 1.12. The summed E-state index contributed by atoms with van der Waals surface area (Å²) in [6.07, 6.45) is 1.87. The molecular weight excluding hydrogens is 795 g/mol. The SMILES string of the molecule is c1ccc(-c2cc(-c3ccccc3)cc(-c3cc(-c4cccc(-c5ccccn5)c4)cc(-c4cc(-c5ccc6ccccc6c5)cc5ccc(-c6ccc7ccccc7c6)cc45)c3)c2)cc1. The maximum Gasteiger partial charge on any atom is 0.0702 e. The smallest absolute Gasteiger partial charge is 0.0702 e. The maximum absolute atomic E-state index is 4.73. The molecule has 0 amide bonds. The molecule has 1 heterocycles. The summed E-state index contributed by atoms with van der Waals surface area (Å²) in [5, 5.41) is 7.35. The summed E-state index contributed by atoms with van der Waals surface area (Å²) in [6.45, 7) is 0. The topological polar surface area (TPSA) is 12.9 Å². The molecule has 0 saturated heterocycles. The van der Waals surface area contributed by atoms with Gasteiger partial charge in [-0.3, -0.25) is 4.98 Å². The summed E-state index contributed by atoms with van der Waals surface area (Å²) in [6, 6.07) is 93.3. The first-order chi connectivity index (χ1) is 32.6. The third-order valence-electron chi connectivity index (χ3n) is 13.0. The molecule has 1 heteroatoms. The van der Waals surface area contributed by atoms with Gasteiger partial charge in [0.15, 0.2) is 0 Å². The Morgan fingerprint density at radius 2 is 0.591 bits per heavy atom. The molecule has 0 radical (unpaired) electrons. The first kappa shape index (κ1) is 39.0. The average Bonchev–Trinajstić information content (AvgIpc) is 3.40. The van der Waals surface area contributed by atoms with Crippen LogP contribution < -0.4 is 0 Å². The predicted octanol–water partition coefficient (Wildman–Crippen LogP) is 17.9. The summed E-state index contributed by atoms with van der Waals surface area (Å²) < 4.78 is 0. The standard InChI is InChI=1S/C65H43N/c1-3-14-44(15-4-1)56-36-57(45-16-5-2-6-17-45)38-59(37-56)60-39-58(50-22-13-23-55(34-50)65-24-11-12-31-66-65)40-62(41-60)64-43-61(52-28-26-47-19-8-10-21-49(47)33-52)35-54-30-29-53(42-63(54)64)51-27-25-46-18-7-9-20-48(46)32-51/h1-43H. The summed E-state index contributed by atoms with van der Waals surface area (Å²) in [5.74, 6) is 0. The van der Waals surface area contributed by atoms with Gasteiger partial charge in [0.25, 0.3) is 0 Å². The van der Waals surface area contributed by atoms with Crippen molar-refractivity contribution in [3.05, 3.63) is 261 Å². The lowest BCUT2D eigenvalue weighted by atomic mass is 9.86. The summed E-state index contributed by atoms with van der Waals surface area (Å²) in [5.41, 5.74) is 18.5. The van der Waals surface area contributed by atoms with E-state index in [2.05, 4.69) is 249 Å². The largest absolute Gasteiger partial charge is 0.256 e. The molecular formula is C65H43N. The van der Waals surface area contributed by atoms with Crippen LogP contribution in [0.5, 0.6) is 0 Å². The molecule has 0 spiro atoms. The Bertz CT molecular complexity index is 3680. The van der Waals surface area contributed by atoms with Crippen LogP contribution in [-0.4, -0.2) is 4.98 Å². The van der Waals surface area contributed by atoms with Gasteiger partial charge in [-0.1, -0.05) is 170 Å². The summed E-state index contributed by atoms with van der Waals surface area (Å²) in [7, 11) is 0. The van der Waals surface area contributed by atoms with Crippen molar-refractivity contribution < 1.29 is 0 Å². The molecule has 1 nitrogen and oxygen atoms in total. The Morgan fingerprint density at radius 3 is 1.18 bits per heavy atom. The molecule has 0 aliphatic rings. The van der Waals surface area contributed by atoms with Crippen molar-refractivity contribution in [2.45, 2.75) is 0 Å². The number of aromatic nitrogens is 1. The Kier molecular flexibility index (Phi) is 9.93. The molecule has 12 aromatic rings. The zero-order chi connectivity index (χ0) is 43.8. The average molecular weight is 838 g/mol. The van der Waals surface area contributed by atoms with Crippen LogP contribution in [0.3, 0.4) is 0 Å². The zero-order valence-electron chi connectivity index (χ0n) is 36.3. The fourth-order valence-corrected chi connectivity index (χ4v) is 9.58. The zero-order valence-corrected chi connectivity index (χ0v) is 36.3. The number of pyridine rings is 1. The van der Waals surface area contributed by atoms with Crippen LogP contribution >= 0.6 is 0 Å². The van der Waals surface area contributed by atoms with Crippen LogP contribution in [0.1, 0.15) is 0 Å². The van der Waals surface area contributed by atoms with E-state index >= 15 is 0 Å². The third kappa shape index (κ3) is 7.63. The Morgan fingerprint density at radius 1 is 0.197 bits per heavy atom. The van der Waals surface area contributed by atoms with Crippen LogP contribution in [0.25, 0.3) is 121 Å². The van der Waals surface area contributed by atoms with E-state index in [0.717, 1.165) is 39.1 Å². The second-order valence-electron chi connectivity index (χ2n) is 17.2. The van der Waals surface area contributed by atoms with Gasteiger partial charge >= 0.3 is 0 Å². The van der Waals surface area contributed by atoms with Gasteiger partial charge in [-0.25, -0.2) is 0 Å². The molecule has 0 bridgehead atoms. The van der Waals surface area contributed by atoms with Gasteiger partial charge in [-0.15, -0.1) is 0 Å². The van der Waals surface area contributed by atoms with E-state index in [9.17, 15) is 0 Å². The van der Waals surface area contributed by atoms with E-state index in [1.165, 1.54) is 82.4 Å². The Labute approximate surface area is 385 Å². The van der Waals surface area contributed by atoms with Crippen molar-refractivity contribution in [3.8, 4) is 89.1 Å². The highest BCUT2D eigenvalue weighted by Crippen LogP contribution is 2.42. The van der Waals surface area contributed by atoms with Crippen molar-refractivity contribution in [3.63, 3.8) is 0 Å². The van der Waals surface area contributed by atoms with Crippen LogP contribution in [0, 0.1) is 0 Å². The number of rotatable bonds is 8. The third-order valence-corrected chi connectivity index (χ3v) is 13.0. The van der Waals surface area contributed by atoms with Crippen LogP contribution in [0.4, 0.5) is 0 Å². The number of nitrogens with zero attached hydrogens (tertiary/aromatic N) is 1. The van der Waals surface area contributed by atoms with Crippen LogP contribution in [0.2, 0.25) is 0 Å². The molecule has 0 aliphatic carbocycles. The molecule has 12 rings (SSSR count). The highest BCUT2D eigenvalue weighted by molar-refractivity contribution is 6.04. The first-order valence-corrected chi connectivity index (χ1v) is 22.7. The van der Waals surface area contributed by atoms with Crippen molar-refractivity contribution in [1.82, 2.24) is 4.98 Å². The number of hydrogen-bond acceptors (Lipinski definition) is 1. The molecule has 0 fully saturated rings. The molecule has 0 atom stereocenters. The van der Waals surface area contributed by atoms with Gasteiger partial charge in [0.05, 0.1) is 5.69 Å². The van der Waals surface area contributed by atoms with E-state index in [1.54, 1.807) is 0 Å². The van der Waals surface area contributed by atoms with Gasteiger partial charge in [-0.05, 0) is 195 Å². The van der Waals surface area contributed by atoms with E-state index in [-0.39, 0.29) is 0 Å². The second-order valence-corrected chi connectivity index (χ2v) is 17.2. The minimum Gasteiger partial charge on any atom is -0.256 e. The van der Waals surface area contributed by atoms with Gasteiger partial charge in [0.2, 0.25) is 0 Å². The van der Waals surface area contributed by atoms with Crippen molar-refractivity contribution in [2.75, 3.05) is 0 Å². The highest BCUT2D eigenvalue weighted by atomic mass is 14.7.